The van der Waals surface area contributed by atoms with E-state index in [4.69, 9.17) is 9.84 Å². The van der Waals surface area contributed by atoms with E-state index in [-0.39, 0.29) is 0 Å². The van der Waals surface area contributed by atoms with Crippen LogP contribution in [0, 0.1) is 5.92 Å². The second-order valence-corrected chi connectivity index (χ2v) is 5.00. The fourth-order valence-corrected chi connectivity index (χ4v) is 2.53. The van der Waals surface area contributed by atoms with Gasteiger partial charge >= 0.3 is 5.97 Å². The number of hydrogen-bond acceptors (Lipinski definition) is 2. The molecule has 1 fully saturated rings. The molecule has 0 aliphatic heterocycles. The molecular weight excluding hydrogens is 228 g/mol. The van der Waals surface area contributed by atoms with Crippen LogP contribution in [-0.2, 0) is 0 Å². The first-order valence-corrected chi connectivity index (χ1v) is 6.69. The Kier molecular flexibility index (Phi) is 4.24. The maximum atomic E-state index is 10.7. The van der Waals surface area contributed by atoms with Gasteiger partial charge in [-0.15, -0.1) is 0 Å². The zero-order valence-corrected chi connectivity index (χ0v) is 10.8. The van der Waals surface area contributed by atoms with E-state index in [1.807, 2.05) is 0 Å². The molecule has 1 aromatic rings. The highest BCUT2D eigenvalue weighted by atomic mass is 16.5. The summed E-state index contributed by atoms with van der Waals surface area (Å²) in [5.41, 5.74) is 0.303. The number of rotatable bonds is 4. The van der Waals surface area contributed by atoms with Gasteiger partial charge in [-0.3, -0.25) is 0 Å². The van der Waals surface area contributed by atoms with Gasteiger partial charge in [0.2, 0.25) is 0 Å². The van der Waals surface area contributed by atoms with E-state index in [0.29, 0.717) is 11.7 Å². The maximum Gasteiger partial charge on any atom is 0.335 e. The van der Waals surface area contributed by atoms with Crippen LogP contribution in [0.15, 0.2) is 24.3 Å². The third-order valence-corrected chi connectivity index (χ3v) is 3.78. The summed E-state index contributed by atoms with van der Waals surface area (Å²) in [5.74, 6) is 0.740. The lowest BCUT2D eigenvalue weighted by atomic mass is 9.86. The van der Waals surface area contributed by atoms with Crippen molar-refractivity contribution in [1.29, 1.82) is 0 Å². The van der Waals surface area contributed by atoms with Crippen molar-refractivity contribution in [2.24, 2.45) is 5.92 Å². The zero-order valence-electron chi connectivity index (χ0n) is 10.8. The van der Waals surface area contributed by atoms with Crippen LogP contribution in [0.5, 0.6) is 5.75 Å². The molecule has 0 atom stereocenters. The fourth-order valence-electron chi connectivity index (χ4n) is 2.53. The molecule has 1 saturated carbocycles. The van der Waals surface area contributed by atoms with Crippen LogP contribution in [0.1, 0.15) is 49.4 Å². The highest BCUT2D eigenvalue weighted by Crippen LogP contribution is 2.29. The lowest BCUT2D eigenvalue weighted by molar-refractivity contribution is 0.0697. The Morgan fingerprint density at radius 2 is 1.83 bits per heavy atom. The molecule has 98 valence electrons. The van der Waals surface area contributed by atoms with Gasteiger partial charge in [-0.05, 0) is 55.9 Å². The SMILES string of the molecule is CCC1CCC(Oc2ccc(C(=O)O)cc2)CC1. The monoisotopic (exact) mass is 248 g/mol. The van der Waals surface area contributed by atoms with Crippen LogP contribution < -0.4 is 4.74 Å². The number of carboxylic acid groups (broad SMARTS) is 1. The Hall–Kier alpha value is -1.51. The van der Waals surface area contributed by atoms with Crippen LogP contribution in [-0.4, -0.2) is 17.2 Å². The van der Waals surface area contributed by atoms with Crippen molar-refractivity contribution in [3.8, 4) is 5.75 Å². The summed E-state index contributed by atoms with van der Waals surface area (Å²) in [4.78, 5) is 10.7. The largest absolute Gasteiger partial charge is 0.490 e. The molecule has 1 aliphatic carbocycles. The van der Waals surface area contributed by atoms with Gasteiger partial charge in [0.1, 0.15) is 5.75 Å². The lowest BCUT2D eigenvalue weighted by Crippen LogP contribution is -2.23. The van der Waals surface area contributed by atoms with Gasteiger partial charge in [0, 0.05) is 0 Å². The van der Waals surface area contributed by atoms with Gasteiger partial charge in [0.15, 0.2) is 0 Å². The molecule has 3 heteroatoms. The first-order chi connectivity index (χ1) is 8.69. The number of carbonyl (C=O) groups is 1. The van der Waals surface area contributed by atoms with Crippen LogP contribution in [0.3, 0.4) is 0 Å². The fraction of sp³-hybridized carbons (Fsp3) is 0.533. The van der Waals surface area contributed by atoms with Gasteiger partial charge in [-0.2, -0.15) is 0 Å². The minimum atomic E-state index is -0.898. The van der Waals surface area contributed by atoms with E-state index in [2.05, 4.69) is 6.92 Å². The lowest BCUT2D eigenvalue weighted by Gasteiger charge is -2.28. The molecule has 0 radical (unpaired) electrons. The van der Waals surface area contributed by atoms with Crippen molar-refractivity contribution in [1.82, 2.24) is 0 Å². The van der Waals surface area contributed by atoms with Gasteiger partial charge in [0.05, 0.1) is 11.7 Å². The van der Waals surface area contributed by atoms with Gasteiger partial charge in [-0.25, -0.2) is 4.79 Å². The summed E-state index contributed by atoms with van der Waals surface area (Å²) in [7, 11) is 0. The third kappa shape index (κ3) is 3.25. The first kappa shape index (κ1) is 12.9. The number of aromatic carboxylic acids is 1. The first-order valence-electron chi connectivity index (χ1n) is 6.69. The number of hydrogen-bond donors (Lipinski definition) is 1. The summed E-state index contributed by atoms with van der Waals surface area (Å²) in [6, 6.07) is 6.68. The second kappa shape index (κ2) is 5.89. The average Bonchev–Trinajstić information content (AvgIpc) is 2.40. The molecule has 3 nitrogen and oxygen atoms in total. The summed E-state index contributed by atoms with van der Waals surface area (Å²) in [6.45, 7) is 2.25. The standard InChI is InChI=1S/C15H20O3/c1-2-11-3-7-13(8-4-11)18-14-9-5-12(6-10-14)15(16)17/h5-6,9-11,13H,2-4,7-8H2,1H3,(H,16,17). The summed E-state index contributed by atoms with van der Waals surface area (Å²) in [6.07, 6.45) is 6.27. The second-order valence-electron chi connectivity index (χ2n) is 5.00. The molecule has 1 aliphatic rings. The molecule has 1 aromatic carbocycles. The van der Waals surface area contributed by atoms with Crippen molar-refractivity contribution in [2.45, 2.75) is 45.1 Å². The molecule has 0 spiro atoms. The molecule has 0 saturated heterocycles. The third-order valence-electron chi connectivity index (χ3n) is 3.78. The predicted octanol–water partition coefficient (Wildman–Crippen LogP) is 3.73. The number of ether oxygens (including phenoxy) is 1. The van der Waals surface area contributed by atoms with Crippen molar-refractivity contribution in [3.63, 3.8) is 0 Å². The summed E-state index contributed by atoms with van der Waals surface area (Å²) >= 11 is 0. The van der Waals surface area contributed by atoms with E-state index in [0.717, 1.165) is 24.5 Å². The molecule has 0 aromatic heterocycles. The molecule has 0 bridgehead atoms. The van der Waals surface area contributed by atoms with Crippen LogP contribution in [0.25, 0.3) is 0 Å². The minimum Gasteiger partial charge on any atom is -0.490 e. The molecule has 2 rings (SSSR count). The van der Waals surface area contributed by atoms with E-state index in [9.17, 15) is 4.79 Å². The summed E-state index contributed by atoms with van der Waals surface area (Å²) in [5, 5.41) is 8.81. The van der Waals surface area contributed by atoms with Crippen molar-refractivity contribution >= 4 is 5.97 Å². The normalized spacial score (nSPS) is 23.6. The quantitative estimate of drug-likeness (QED) is 0.883. The Morgan fingerprint density at radius 3 is 2.33 bits per heavy atom. The van der Waals surface area contributed by atoms with E-state index in [1.165, 1.54) is 19.3 Å². The van der Waals surface area contributed by atoms with Crippen molar-refractivity contribution < 1.29 is 14.6 Å². The van der Waals surface area contributed by atoms with E-state index >= 15 is 0 Å². The number of benzene rings is 1. The predicted molar refractivity (Wildman–Crippen MR) is 70.1 cm³/mol. The van der Waals surface area contributed by atoms with Gasteiger partial charge in [-0.1, -0.05) is 13.3 Å². The minimum absolute atomic E-state index is 0.295. The van der Waals surface area contributed by atoms with Crippen LogP contribution in [0.4, 0.5) is 0 Å². The molecular formula is C15H20O3. The van der Waals surface area contributed by atoms with Crippen molar-refractivity contribution in [3.05, 3.63) is 29.8 Å². The van der Waals surface area contributed by atoms with E-state index in [1.54, 1.807) is 24.3 Å². The molecule has 0 amide bonds. The van der Waals surface area contributed by atoms with Crippen molar-refractivity contribution in [2.75, 3.05) is 0 Å². The Balaban J connectivity index is 1.88. The highest BCUT2D eigenvalue weighted by molar-refractivity contribution is 5.87. The molecule has 18 heavy (non-hydrogen) atoms. The summed E-state index contributed by atoms with van der Waals surface area (Å²) < 4.78 is 5.89. The Bertz CT molecular complexity index is 389. The van der Waals surface area contributed by atoms with E-state index < -0.39 is 5.97 Å². The topological polar surface area (TPSA) is 46.5 Å². The Morgan fingerprint density at radius 1 is 1.22 bits per heavy atom. The van der Waals surface area contributed by atoms with Gasteiger partial charge in [0.25, 0.3) is 0 Å². The van der Waals surface area contributed by atoms with Gasteiger partial charge < -0.3 is 9.84 Å². The van der Waals surface area contributed by atoms with Crippen LogP contribution >= 0.6 is 0 Å². The smallest absolute Gasteiger partial charge is 0.335 e. The number of carboxylic acids is 1. The highest BCUT2D eigenvalue weighted by Gasteiger charge is 2.21. The Labute approximate surface area is 108 Å². The average molecular weight is 248 g/mol. The molecule has 0 heterocycles. The molecule has 0 unspecified atom stereocenters. The zero-order chi connectivity index (χ0) is 13.0. The van der Waals surface area contributed by atoms with Crippen LogP contribution in [0.2, 0.25) is 0 Å². The molecule has 1 N–H and O–H groups in total. The maximum absolute atomic E-state index is 10.7.